The molecule has 0 amide bonds. The summed E-state index contributed by atoms with van der Waals surface area (Å²) in [6.07, 6.45) is 5.57. The summed E-state index contributed by atoms with van der Waals surface area (Å²) in [5.41, 5.74) is 2.99. The van der Waals surface area contributed by atoms with Gasteiger partial charge in [0.15, 0.2) is 0 Å². The van der Waals surface area contributed by atoms with Crippen LogP contribution in [-0.4, -0.2) is 10.9 Å². The zero-order valence-corrected chi connectivity index (χ0v) is 9.26. The fourth-order valence-electron chi connectivity index (χ4n) is 1.54. The summed E-state index contributed by atoms with van der Waals surface area (Å²) in [5.74, 6) is 1.78. The Balaban J connectivity index is 2.14. The first-order valence-corrected chi connectivity index (χ1v) is 5.34. The Bertz CT molecular complexity index is 531. The molecule has 0 aliphatic carbocycles. The van der Waals surface area contributed by atoms with E-state index in [-0.39, 0.29) is 0 Å². The van der Waals surface area contributed by atoms with Crippen LogP contribution in [0.15, 0.2) is 54.9 Å². The molecule has 1 heterocycles. The minimum absolute atomic E-state index is 0.603. The maximum absolute atomic E-state index is 10.1. The number of hydrogen-bond acceptors (Lipinski definition) is 3. The van der Waals surface area contributed by atoms with E-state index >= 15 is 0 Å². The highest BCUT2D eigenvalue weighted by Crippen LogP contribution is 2.16. The topological polar surface area (TPSA) is 42.0 Å². The number of allylic oxidation sites excluding steroid dienone is 1. The van der Waals surface area contributed by atoms with Crippen molar-refractivity contribution in [3.8, 4) is 0 Å². The summed E-state index contributed by atoms with van der Waals surface area (Å²) in [4.78, 5) is 14.2. The van der Waals surface area contributed by atoms with E-state index in [1.807, 2.05) is 36.4 Å². The zero-order valence-electron chi connectivity index (χ0n) is 9.26. The Morgan fingerprint density at radius 1 is 1.24 bits per heavy atom. The molecule has 0 unspecified atom stereocenters. The SMILES string of the molecule is O=C=CCc1cccc(Nc2cccnc2)c1. The average molecular weight is 224 g/mol. The van der Waals surface area contributed by atoms with E-state index in [9.17, 15) is 4.79 Å². The largest absolute Gasteiger partial charge is 0.354 e. The number of nitrogens with one attached hydrogen (secondary N) is 1. The number of carbonyl (C=O) groups excluding carboxylic acids is 1. The van der Waals surface area contributed by atoms with Crippen molar-refractivity contribution in [2.75, 3.05) is 5.32 Å². The van der Waals surface area contributed by atoms with Gasteiger partial charge in [-0.25, -0.2) is 4.79 Å². The van der Waals surface area contributed by atoms with Crippen LogP contribution >= 0.6 is 0 Å². The maximum atomic E-state index is 10.1. The van der Waals surface area contributed by atoms with Crippen LogP contribution in [0.4, 0.5) is 11.4 Å². The van der Waals surface area contributed by atoms with Gasteiger partial charge in [0.05, 0.1) is 11.9 Å². The van der Waals surface area contributed by atoms with Crippen molar-refractivity contribution in [3.63, 3.8) is 0 Å². The van der Waals surface area contributed by atoms with E-state index in [2.05, 4.69) is 10.3 Å². The van der Waals surface area contributed by atoms with Crippen molar-refractivity contribution in [1.29, 1.82) is 0 Å². The lowest BCUT2D eigenvalue weighted by Gasteiger charge is -2.06. The molecule has 1 N–H and O–H groups in total. The lowest BCUT2D eigenvalue weighted by Crippen LogP contribution is -1.91. The molecule has 17 heavy (non-hydrogen) atoms. The maximum Gasteiger partial charge on any atom is 0.120 e. The highest BCUT2D eigenvalue weighted by molar-refractivity contribution is 5.59. The Kier molecular flexibility index (Phi) is 3.68. The fourth-order valence-corrected chi connectivity index (χ4v) is 1.54. The van der Waals surface area contributed by atoms with Gasteiger partial charge in [-0.2, -0.15) is 0 Å². The van der Waals surface area contributed by atoms with Crippen LogP contribution in [0, 0.1) is 0 Å². The minimum atomic E-state index is 0.603. The quantitative estimate of drug-likeness (QED) is 0.812. The summed E-state index contributed by atoms with van der Waals surface area (Å²) < 4.78 is 0. The van der Waals surface area contributed by atoms with Gasteiger partial charge in [-0.15, -0.1) is 0 Å². The van der Waals surface area contributed by atoms with E-state index in [1.54, 1.807) is 18.3 Å². The average Bonchev–Trinajstić information content (AvgIpc) is 2.38. The smallest absolute Gasteiger partial charge is 0.120 e. The van der Waals surface area contributed by atoms with Gasteiger partial charge in [0.1, 0.15) is 5.94 Å². The summed E-state index contributed by atoms with van der Waals surface area (Å²) >= 11 is 0. The highest BCUT2D eigenvalue weighted by atomic mass is 16.1. The van der Waals surface area contributed by atoms with Crippen LogP contribution in [0.25, 0.3) is 0 Å². The van der Waals surface area contributed by atoms with Crippen molar-refractivity contribution in [2.45, 2.75) is 6.42 Å². The Hall–Kier alpha value is -2.38. The Labute approximate surface area is 99.8 Å². The molecule has 0 spiro atoms. The standard InChI is InChI=1S/C14H12N2O/c17-9-3-5-12-4-1-6-13(10-12)16-14-7-2-8-15-11-14/h1-4,6-8,10-11,16H,5H2. The lowest BCUT2D eigenvalue weighted by molar-refractivity contribution is 0.568. The molecule has 0 bridgehead atoms. The molecular weight excluding hydrogens is 212 g/mol. The second-order valence-corrected chi connectivity index (χ2v) is 3.59. The summed E-state index contributed by atoms with van der Waals surface area (Å²) in [6.45, 7) is 0. The fraction of sp³-hybridized carbons (Fsp3) is 0.0714. The summed E-state index contributed by atoms with van der Waals surface area (Å²) in [5, 5.41) is 3.25. The molecule has 0 aliphatic rings. The zero-order chi connectivity index (χ0) is 11.9. The predicted octanol–water partition coefficient (Wildman–Crippen LogP) is 2.76. The third-order valence-electron chi connectivity index (χ3n) is 2.30. The predicted molar refractivity (Wildman–Crippen MR) is 67.9 cm³/mol. The van der Waals surface area contributed by atoms with Gasteiger partial charge < -0.3 is 5.32 Å². The molecule has 1 aromatic carbocycles. The third kappa shape index (κ3) is 3.30. The van der Waals surface area contributed by atoms with Crippen LogP contribution in [0.3, 0.4) is 0 Å². The molecule has 2 rings (SSSR count). The van der Waals surface area contributed by atoms with Gasteiger partial charge in [-0.3, -0.25) is 4.98 Å². The molecule has 3 heteroatoms. The minimum Gasteiger partial charge on any atom is -0.354 e. The Morgan fingerprint density at radius 2 is 2.12 bits per heavy atom. The first-order valence-electron chi connectivity index (χ1n) is 5.34. The molecule has 0 saturated carbocycles. The van der Waals surface area contributed by atoms with Crippen LogP contribution < -0.4 is 5.32 Å². The van der Waals surface area contributed by atoms with Gasteiger partial charge in [-0.1, -0.05) is 12.1 Å². The van der Waals surface area contributed by atoms with Crippen LogP contribution in [0.1, 0.15) is 5.56 Å². The normalized spacial score (nSPS) is 9.41. The van der Waals surface area contributed by atoms with E-state index in [0.29, 0.717) is 6.42 Å². The van der Waals surface area contributed by atoms with Gasteiger partial charge in [0.25, 0.3) is 0 Å². The van der Waals surface area contributed by atoms with Gasteiger partial charge >= 0.3 is 0 Å². The summed E-state index contributed by atoms with van der Waals surface area (Å²) in [7, 11) is 0. The van der Waals surface area contributed by atoms with Crippen molar-refractivity contribution >= 4 is 17.3 Å². The van der Waals surface area contributed by atoms with Crippen molar-refractivity contribution in [2.24, 2.45) is 0 Å². The third-order valence-corrected chi connectivity index (χ3v) is 2.30. The van der Waals surface area contributed by atoms with E-state index in [4.69, 9.17) is 0 Å². The van der Waals surface area contributed by atoms with E-state index < -0.39 is 0 Å². The second kappa shape index (κ2) is 5.64. The van der Waals surface area contributed by atoms with Crippen molar-refractivity contribution < 1.29 is 4.79 Å². The van der Waals surface area contributed by atoms with Crippen LogP contribution in [0.2, 0.25) is 0 Å². The number of hydrogen-bond donors (Lipinski definition) is 1. The molecule has 1 aromatic heterocycles. The first kappa shape index (κ1) is 11.1. The van der Waals surface area contributed by atoms with E-state index in [1.165, 1.54) is 6.08 Å². The van der Waals surface area contributed by atoms with Crippen molar-refractivity contribution in [1.82, 2.24) is 4.98 Å². The molecule has 0 atom stereocenters. The molecule has 0 saturated heterocycles. The Morgan fingerprint density at radius 3 is 2.88 bits per heavy atom. The number of rotatable bonds is 4. The monoisotopic (exact) mass is 224 g/mol. The summed E-state index contributed by atoms with van der Waals surface area (Å²) in [6, 6.07) is 11.7. The molecule has 84 valence electrons. The van der Waals surface area contributed by atoms with Gasteiger partial charge in [0, 0.05) is 24.4 Å². The van der Waals surface area contributed by atoms with Crippen molar-refractivity contribution in [3.05, 3.63) is 60.4 Å². The molecule has 3 nitrogen and oxygen atoms in total. The second-order valence-electron chi connectivity index (χ2n) is 3.59. The molecule has 2 aromatic rings. The number of anilines is 2. The van der Waals surface area contributed by atoms with Gasteiger partial charge in [-0.05, 0) is 29.8 Å². The number of pyridine rings is 1. The lowest BCUT2D eigenvalue weighted by atomic mass is 10.1. The molecular formula is C14H12N2O. The van der Waals surface area contributed by atoms with Crippen LogP contribution in [-0.2, 0) is 11.2 Å². The number of benzene rings is 1. The molecule has 0 radical (unpaired) electrons. The number of aromatic nitrogens is 1. The first-order chi connectivity index (χ1) is 8.38. The molecule has 0 aliphatic heterocycles. The highest BCUT2D eigenvalue weighted by Gasteiger charge is 1.96. The van der Waals surface area contributed by atoms with E-state index in [0.717, 1.165) is 16.9 Å². The number of nitrogens with zero attached hydrogens (tertiary/aromatic N) is 1. The molecule has 0 fully saturated rings. The van der Waals surface area contributed by atoms with Gasteiger partial charge in [0.2, 0.25) is 0 Å². The van der Waals surface area contributed by atoms with Crippen LogP contribution in [0.5, 0.6) is 0 Å².